The highest BCUT2D eigenvalue weighted by Crippen LogP contribution is 2.68. The number of allylic oxidation sites excluding steroid dienone is 4. The van der Waals surface area contributed by atoms with Crippen LogP contribution in [-0.2, 0) is 25.5 Å². The predicted molar refractivity (Wildman–Crippen MR) is 198 cm³/mol. The molecule has 0 amide bonds. The molecule has 7 heteroatoms. The van der Waals surface area contributed by atoms with Gasteiger partial charge in [0, 0.05) is 29.2 Å². The molecule has 4 saturated carbocycles. The minimum Gasteiger partial charge on any atom is -0.497 e. The van der Waals surface area contributed by atoms with Gasteiger partial charge in [0.1, 0.15) is 11.4 Å². The summed E-state index contributed by atoms with van der Waals surface area (Å²) in [5.74, 6) is 6.14. The number of aliphatic hydroxyl groups is 1. The molecule has 0 aliphatic heterocycles. The molecular formula is C44H55ClO6. The fourth-order valence-electron chi connectivity index (χ4n) is 13.1. The fraction of sp³-hybridized carbons (Fsp3) is 0.659. The fourth-order valence-corrected chi connectivity index (χ4v) is 13.5. The normalized spacial score (nSPS) is 43.2. The molecule has 274 valence electrons. The van der Waals surface area contributed by atoms with Crippen LogP contribution in [0.5, 0.6) is 5.75 Å². The van der Waals surface area contributed by atoms with E-state index in [1.807, 2.05) is 0 Å². The first-order valence-corrected chi connectivity index (χ1v) is 19.7. The summed E-state index contributed by atoms with van der Waals surface area (Å²) >= 11 is 6.71. The Balaban J connectivity index is 0.000000162. The van der Waals surface area contributed by atoms with Crippen molar-refractivity contribution >= 4 is 29.1 Å². The van der Waals surface area contributed by atoms with E-state index in [1.165, 1.54) is 24.5 Å². The van der Waals surface area contributed by atoms with Crippen LogP contribution >= 0.6 is 11.6 Å². The van der Waals surface area contributed by atoms with Gasteiger partial charge < -0.3 is 14.6 Å². The highest BCUT2D eigenvalue weighted by atomic mass is 35.5. The Labute approximate surface area is 309 Å². The molecule has 1 aromatic rings. The van der Waals surface area contributed by atoms with Crippen LogP contribution in [-0.4, -0.2) is 41.0 Å². The molecule has 11 atom stereocenters. The van der Waals surface area contributed by atoms with Crippen LogP contribution in [0.15, 0.2) is 41.0 Å². The summed E-state index contributed by atoms with van der Waals surface area (Å²) in [6.45, 7) is 9.57. The molecule has 7 aliphatic carbocycles. The molecule has 0 heterocycles. The second-order valence-electron chi connectivity index (χ2n) is 17.7. The van der Waals surface area contributed by atoms with E-state index in [4.69, 9.17) is 27.5 Å². The SMILES string of the molecule is C#C[C@]1(O)CC[C@H]2[C@@H]3CCc4cc(OC)ccc4[C@H]3CC[C@@]21C.CC(=O)O[C@]1(C(C)=O)CC[C@H]2[C@@H]3C=C(Cl)C4=CC(=O)CC[C@]4(C)[C@H]3CC[C@@]21C. The quantitative estimate of drug-likeness (QED) is 0.249. The van der Waals surface area contributed by atoms with Crippen molar-refractivity contribution in [2.75, 3.05) is 7.11 Å². The largest absolute Gasteiger partial charge is 0.497 e. The summed E-state index contributed by atoms with van der Waals surface area (Å²) in [5, 5.41) is 11.6. The zero-order chi connectivity index (χ0) is 36.7. The van der Waals surface area contributed by atoms with Crippen molar-refractivity contribution in [3.8, 4) is 18.1 Å². The van der Waals surface area contributed by atoms with Crippen LogP contribution in [0.4, 0.5) is 0 Å². The summed E-state index contributed by atoms with van der Waals surface area (Å²) in [7, 11) is 1.73. The summed E-state index contributed by atoms with van der Waals surface area (Å²) < 4.78 is 11.2. The Bertz CT molecular complexity index is 1750. The van der Waals surface area contributed by atoms with Crippen molar-refractivity contribution < 1.29 is 29.0 Å². The molecule has 51 heavy (non-hydrogen) atoms. The van der Waals surface area contributed by atoms with Crippen LogP contribution in [0.2, 0.25) is 0 Å². The number of carbonyl (C=O) groups excluding carboxylic acids is 3. The molecule has 0 radical (unpaired) electrons. The molecule has 1 aromatic carbocycles. The van der Waals surface area contributed by atoms with E-state index in [9.17, 15) is 19.5 Å². The van der Waals surface area contributed by atoms with Crippen molar-refractivity contribution in [3.05, 3.63) is 52.1 Å². The third kappa shape index (κ3) is 5.25. The Morgan fingerprint density at radius 2 is 1.63 bits per heavy atom. The number of aryl methyl sites for hydroxylation is 1. The number of ether oxygens (including phenoxy) is 2. The van der Waals surface area contributed by atoms with Crippen molar-refractivity contribution in [3.63, 3.8) is 0 Å². The third-order valence-corrected chi connectivity index (χ3v) is 16.2. The number of methoxy groups -OCH3 is 1. The van der Waals surface area contributed by atoms with Crippen LogP contribution < -0.4 is 4.74 Å². The van der Waals surface area contributed by atoms with Gasteiger partial charge in [-0.2, -0.15) is 0 Å². The Morgan fingerprint density at radius 1 is 0.922 bits per heavy atom. The van der Waals surface area contributed by atoms with E-state index < -0.39 is 11.2 Å². The highest BCUT2D eigenvalue weighted by molar-refractivity contribution is 6.32. The number of fused-ring (bicyclic) bond motifs is 10. The summed E-state index contributed by atoms with van der Waals surface area (Å²) in [4.78, 5) is 36.6. The van der Waals surface area contributed by atoms with E-state index in [1.54, 1.807) is 20.1 Å². The molecule has 6 nitrogen and oxygen atoms in total. The number of terminal acetylenes is 1. The van der Waals surface area contributed by atoms with Crippen molar-refractivity contribution in [2.45, 2.75) is 129 Å². The van der Waals surface area contributed by atoms with E-state index in [0.717, 1.165) is 69.1 Å². The molecular weight excluding hydrogens is 660 g/mol. The zero-order valence-electron chi connectivity index (χ0n) is 31.3. The van der Waals surface area contributed by atoms with Crippen LogP contribution in [0.1, 0.15) is 122 Å². The molecule has 0 unspecified atom stereocenters. The maximum Gasteiger partial charge on any atom is 0.303 e. The van der Waals surface area contributed by atoms with Crippen LogP contribution in [0, 0.1) is 58.2 Å². The van der Waals surface area contributed by atoms with E-state index in [2.05, 4.69) is 51.0 Å². The number of halogens is 1. The summed E-state index contributed by atoms with van der Waals surface area (Å²) in [5.41, 5.74) is 1.44. The van der Waals surface area contributed by atoms with Gasteiger partial charge in [0.05, 0.1) is 7.11 Å². The lowest BCUT2D eigenvalue weighted by molar-refractivity contribution is -0.185. The molecule has 0 spiro atoms. The van der Waals surface area contributed by atoms with Crippen molar-refractivity contribution in [1.29, 1.82) is 0 Å². The Kier molecular flexibility index (Phi) is 9.03. The number of hydrogen-bond donors (Lipinski definition) is 1. The highest BCUT2D eigenvalue weighted by Gasteiger charge is 2.68. The predicted octanol–water partition coefficient (Wildman–Crippen LogP) is 8.67. The molecule has 0 aromatic heterocycles. The standard InChI is InChI=1S/C23H29ClO4.C21H26O2/c1-13(25)23(28-14(2)26)10-7-18-16-12-20(24)19-11-15(27)5-8-21(19,3)17(16)6-9-22(18,23)4;1-4-21(22)12-10-19-18-7-5-14-13-15(23-3)6-8-16(14)17(18)9-11-20(19,21)2/h11-12,16-18H,5-10H2,1-4H3;1,6,8,13,17-19,22H,5,7,9-12H2,2-3H3/t16-,17+,18+,21-,22+,23+;17-,18-,19+,20+,21+/m11/s1. The number of hydrogen-bond acceptors (Lipinski definition) is 6. The van der Waals surface area contributed by atoms with Gasteiger partial charge in [-0.25, -0.2) is 0 Å². The summed E-state index contributed by atoms with van der Waals surface area (Å²) in [6, 6.07) is 6.59. The third-order valence-electron chi connectivity index (χ3n) is 15.9. The van der Waals surface area contributed by atoms with Crippen LogP contribution in [0.25, 0.3) is 0 Å². The van der Waals surface area contributed by atoms with Gasteiger partial charge in [-0.3, -0.25) is 14.4 Å². The second-order valence-corrected chi connectivity index (χ2v) is 18.1. The van der Waals surface area contributed by atoms with Gasteiger partial charge in [-0.1, -0.05) is 50.4 Å². The molecule has 1 N–H and O–H groups in total. The smallest absolute Gasteiger partial charge is 0.303 e. The lowest BCUT2D eigenvalue weighted by Gasteiger charge is -2.57. The second kappa shape index (κ2) is 12.6. The lowest BCUT2D eigenvalue weighted by Crippen LogP contribution is -2.58. The Hall–Kier alpha value is -2.88. The minimum atomic E-state index is -1.03. The van der Waals surface area contributed by atoms with Gasteiger partial charge in [-0.05, 0) is 153 Å². The van der Waals surface area contributed by atoms with Gasteiger partial charge in [-0.15, -0.1) is 6.42 Å². The summed E-state index contributed by atoms with van der Waals surface area (Å²) in [6.07, 6.45) is 20.6. The van der Waals surface area contributed by atoms with Crippen molar-refractivity contribution in [2.24, 2.45) is 45.8 Å². The van der Waals surface area contributed by atoms with Crippen molar-refractivity contribution in [1.82, 2.24) is 0 Å². The first-order valence-electron chi connectivity index (χ1n) is 19.3. The molecule has 0 bridgehead atoms. The lowest BCUT2D eigenvalue weighted by atomic mass is 9.48. The molecule has 7 aliphatic rings. The Morgan fingerprint density at radius 3 is 2.31 bits per heavy atom. The van der Waals surface area contributed by atoms with Gasteiger partial charge in [0.15, 0.2) is 17.2 Å². The topological polar surface area (TPSA) is 89.9 Å². The number of carbonyl (C=O) groups is 3. The first-order chi connectivity index (χ1) is 24.1. The number of esters is 1. The molecule has 4 fully saturated rings. The van der Waals surface area contributed by atoms with E-state index in [-0.39, 0.29) is 45.6 Å². The number of rotatable bonds is 3. The van der Waals surface area contributed by atoms with Gasteiger partial charge in [0.25, 0.3) is 0 Å². The minimum absolute atomic E-state index is 0.0490. The average Bonchev–Trinajstić information content (AvgIpc) is 3.55. The van der Waals surface area contributed by atoms with Crippen LogP contribution in [0.3, 0.4) is 0 Å². The van der Waals surface area contributed by atoms with Gasteiger partial charge >= 0.3 is 5.97 Å². The number of Topliss-reactive ketones (excluding diaryl/α,β-unsaturated/α-hetero) is 1. The van der Waals surface area contributed by atoms with Gasteiger partial charge in [0.2, 0.25) is 0 Å². The van der Waals surface area contributed by atoms with E-state index >= 15 is 0 Å². The average molecular weight is 715 g/mol. The number of benzene rings is 1. The zero-order valence-corrected chi connectivity index (χ0v) is 32.0. The first kappa shape index (κ1) is 36.5. The maximum absolute atomic E-state index is 12.7. The maximum atomic E-state index is 12.7. The monoisotopic (exact) mass is 714 g/mol. The van der Waals surface area contributed by atoms with E-state index in [0.29, 0.717) is 41.5 Å². The molecule has 8 rings (SSSR count). The number of ketones is 2. The molecule has 0 saturated heterocycles.